The average Bonchev–Trinajstić information content (AvgIpc) is 2.38. The van der Waals surface area contributed by atoms with E-state index >= 15 is 0 Å². The summed E-state index contributed by atoms with van der Waals surface area (Å²) in [7, 11) is -3.73. The quantitative estimate of drug-likeness (QED) is 0.875. The minimum atomic E-state index is -3.73. The molecule has 0 atom stereocenters. The molecule has 0 amide bonds. The van der Waals surface area contributed by atoms with Crippen LogP contribution in [0, 0.1) is 12.7 Å². The first-order chi connectivity index (χ1) is 9.42. The van der Waals surface area contributed by atoms with E-state index in [-0.39, 0.29) is 4.90 Å². The van der Waals surface area contributed by atoms with Gasteiger partial charge in [0, 0.05) is 11.6 Å². The first-order valence-electron chi connectivity index (χ1n) is 5.86. The summed E-state index contributed by atoms with van der Waals surface area (Å²) in [5.74, 6) is -0.0997. The number of hydrogen-bond donors (Lipinski definition) is 1. The Balaban J connectivity index is 2.30. The van der Waals surface area contributed by atoms with Crippen molar-refractivity contribution in [2.24, 2.45) is 0 Å². The SMILES string of the molecule is Cc1cc(F)ccc1S(=O)(=O)Nc1ccc(CCl)cc1. The molecule has 1 N–H and O–H groups in total. The highest BCUT2D eigenvalue weighted by molar-refractivity contribution is 7.92. The maximum atomic E-state index is 13.0. The first kappa shape index (κ1) is 14.8. The van der Waals surface area contributed by atoms with Gasteiger partial charge in [-0.25, -0.2) is 12.8 Å². The number of sulfonamides is 1. The highest BCUT2D eigenvalue weighted by Gasteiger charge is 2.17. The van der Waals surface area contributed by atoms with Gasteiger partial charge in [0.25, 0.3) is 10.0 Å². The standard InChI is InChI=1S/C14H13ClFNO2S/c1-10-8-12(16)4-7-14(10)20(18,19)17-13-5-2-11(9-15)3-6-13/h2-8,17H,9H2,1H3. The predicted molar refractivity (Wildman–Crippen MR) is 77.9 cm³/mol. The summed E-state index contributed by atoms with van der Waals surface area (Å²) in [6.07, 6.45) is 0. The predicted octanol–water partition coefficient (Wildman–Crippen LogP) is 3.67. The van der Waals surface area contributed by atoms with E-state index in [1.54, 1.807) is 31.2 Å². The fraction of sp³-hybridized carbons (Fsp3) is 0.143. The van der Waals surface area contributed by atoms with Crippen molar-refractivity contribution >= 4 is 27.3 Å². The number of halogens is 2. The zero-order valence-corrected chi connectivity index (χ0v) is 12.3. The molecule has 0 aromatic heterocycles. The van der Waals surface area contributed by atoms with E-state index in [0.29, 0.717) is 17.1 Å². The van der Waals surface area contributed by atoms with Gasteiger partial charge in [-0.3, -0.25) is 4.72 Å². The molecule has 0 saturated heterocycles. The molecule has 0 aliphatic carbocycles. The second-order valence-corrected chi connectivity index (χ2v) is 6.26. The summed E-state index contributed by atoms with van der Waals surface area (Å²) in [4.78, 5) is 0.0559. The minimum Gasteiger partial charge on any atom is -0.280 e. The van der Waals surface area contributed by atoms with E-state index in [1.807, 2.05) is 0 Å². The molecule has 106 valence electrons. The summed E-state index contributed by atoms with van der Waals surface area (Å²) in [6, 6.07) is 10.3. The molecule has 0 aliphatic heterocycles. The summed E-state index contributed by atoms with van der Waals surface area (Å²) in [5.41, 5.74) is 1.69. The molecule has 0 fully saturated rings. The Kier molecular flexibility index (Phi) is 4.30. The van der Waals surface area contributed by atoms with Crippen LogP contribution in [0.4, 0.5) is 10.1 Å². The smallest absolute Gasteiger partial charge is 0.262 e. The molecule has 20 heavy (non-hydrogen) atoms. The molecule has 0 saturated carbocycles. The number of anilines is 1. The van der Waals surface area contributed by atoms with Crippen LogP contribution in [0.2, 0.25) is 0 Å². The van der Waals surface area contributed by atoms with Gasteiger partial charge in [0.15, 0.2) is 0 Å². The lowest BCUT2D eigenvalue weighted by molar-refractivity contribution is 0.598. The second-order valence-electron chi connectivity index (χ2n) is 4.35. The first-order valence-corrected chi connectivity index (χ1v) is 7.88. The summed E-state index contributed by atoms with van der Waals surface area (Å²) < 4.78 is 39.9. The molecule has 2 rings (SSSR count). The molecule has 0 spiro atoms. The third-order valence-electron chi connectivity index (χ3n) is 2.79. The number of alkyl halides is 1. The van der Waals surface area contributed by atoms with Crippen LogP contribution in [0.15, 0.2) is 47.4 Å². The third kappa shape index (κ3) is 3.29. The van der Waals surface area contributed by atoms with Crippen LogP contribution >= 0.6 is 11.6 Å². The number of aryl methyl sites for hydroxylation is 1. The largest absolute Gasteiger partial charge is 0.280 e. The number of benzene rings is 2. The lowest BCUT2D eigenvalue weighted by Gasteiger charge is -2.10. The zero-order valence-electron chi connectivity index (χ0n) is 10.7. The lowest BCUT2D eigenvalue weighted by Crippen LogP contribution is -2.14. The van der Waals surface area contributed by atoms with Gasteiger partial charge >= 0.3 is 0 Å². The fourth-order valence-corrected chi connectivity index (χ4v) is 3.25. The van der Waals surface area contributed by atoms with Crippen molar-refractivity contribution in [2.45, 2.75) is 17.7 Å². The van der Waals surface area contributed by atoms with Gasteiger partial charge in [0.1, 0.15) is 5.82 Å². The van der Waals surface area contributed by atoms with Crippen LogP contribution in [0.1, 0.15) is 11.1 Å². The molecule has 6 heteroatoms. The van der Waals surface area contributed by atoms with Crippen molar-refractivity contribution in [3.63, 3.8) is 0 Å². The van der Waals surface area contributed by atoms with Crippen molar-refractivity contribution in [1.29, 1.82) is 0 Å². The van der Waals surface area contributed by atoms with Gasteiger partial charge in [-0.15, -0.1) is 11.6 Å². The lowest BCUT2D eigenvalue weighted by atomic mass is 10.2. The second kappa shape index (κ2) is 5.81. The van der Waals surface area contributed by atoms with E-state index in [4.69, 9.17) is 11.6 Å². The average molecular weight is 314 g/mol. The van der Waals surface area contributed by atoms with Crippen molar-refractivity contribution in [3.05, 3.63) is 59.4 Å². The number of nitrogens with one attached hydrogen (secondary N) is 1. The Bertz CT molecular complexity index is 714. The maximum absolute atomic E-state index is 13.0. The monoisotopic (exact) mass is 313 g/mol. The Morgan fingerprint density at radius 3 is 2.35 bits per heavy atom. The van der Waals surface area contributed by atoms with Gasteiger partial charge in [-0.1, -0.05) is 12.1 Å². The highest BCUT2D eigenvalue weighted by Crippen LogP contribution is 2.20. The molecular formula is C14H13ClFNO2S. The van der Waals surface area contributed by atoms with E-state index in [0.717, 1.165) is 11.6 Å². The third-order valence-corrected chi connectivity index (χ3v) is 4.64. The molecule has 3 nitrogen and oxygen atoms in total. The summed E-state index contributed by atoms with van der Waals surface area (Å²) >= 11 is 5.67. The van der Waals surface area contributed by atoms with Crippen LogP contribution in [-0.4, -0.2) is 8.42 Å². The summed E-state index contributed by atoms with van der Waals surface area (Å²) in [5, 5.41) is 0. The van der Waals surface area contributed by atoms with Gasteiger partial charge < -0.3 is 0 Å². The Morgan fingerprint density at radius 2 is 1.80 bits per heavy atom. The van der Waals surface area contributed by atoms with E-state index < -0.39 is 15.8 Å². The highest BCUT2D eigenvalue weighted by atomic mass is 35.5. The van der Waals surface area contributed by atoms with Gasteiger partial charge in [0.2, 0.25) is 0 Å². The molecule has 0 bridgehead atoms. The topological polar surface area (TPSA) is 46.2 Å². The van der Waals surface area contributed by atoms with Crippen LogP contribution in [0.5, 0.6) is 0 Å². The van der Waals surface area contributed by atoms with Gasteiger partial charge in [0.05, 0.1) is 4.90 Å². The van der Waals surface area contributed by atoms with E-state index in [2.05, 4.69) is 4.72 Å². The van der Waals surface area contributed by atoms with Crippen molar-refractivity contribution in [1.82, 2.24) is 0 Å². The minimum absolute atomic E-state index is 0.0559. The van der Waals surface area contributed by atoms with Crippen LogP contribution in [0.25, 0.3) is 0 Å². The number of hydrogen-bond acceptors (Lipinski definition) is 2. The van der Waals surface area contributed by atoms with Crippen LogP contribution in [-0.2, 0) is 15.9 Å². The molecule has 0 radical (unpaired) electrons. The van der Waals surface area contributed by atoms with Gasteiger partial charge in [-0.05, 0) is 48.4 Å². The van der Waals surface area contributed by atoms with Gasteiger partial charge in [-0.2, -0.15) is 0 Å². The Morgan fingerprint density at radius 1 is 1.15 bits per heavy atom. The fourth-order valence-electron chi connectivity index (χ4n) is 1.79. The van der Waals surface area contributed by atoms with E-state index in [9.17, 15) is 12.8 Å². The molecule has 2 aromatic carbocycles. The van der Waals surface area contributed by atoms with Crippen LogP contribution in [0.3, 0.4) is 0 Å². The molecule has 2 aromatic rings. The van der Waals surface area contributed by atoms with E-state index in [1.165, 1.54) is 12.1 Å². The Labute approximate surface area is 122 Å². The van der Waals surface area contributed by atoms with Crippen molar-refractivity contribution < 1.29 is 12.8 Å². The molecular weight excluding hydrogens is 301 g/mol. The molecule has 0 heterocycles. The normalized spacial score (nSPS) is 11.3. The zero-order chi connectivity index (χ0) is 14.8. The maximum Gasteiger partial charge on any atom is 0.262 e. The van der Waals surface area contributed by atoms with Crippen LogP contribution < -0.4 is 4.72 Å². The molecule has 0 aliphatic rings. The number of rotatable bonds is 4. The molecule has 0 unspecified atom stereocenters. The Hall–Kier alpha value is -1.59. The van der Waals surface area contributed by atoms with Crippen molar-refractivity contribution in [2.75, 3.05) is 4.72 Å². The summed E-state index contributed by atoms with van der Waals surface area (Å²) in [6.45, 7) is 1.55. The van der Waals surface area contributed by atoms with Crippen molar-refractivity contribution in [3.8, 4) is 0 Å².